The van der Waals surface area contributed by atoms with Crippen LogP contribution in [0.15, 0.2) is 42.5 Å². The lowest BCUT2D eigenvalue weighted by molar-refractivity contribution is -0.125. The van der Waals surface area contributed by atoms with E-state index in [1.165, 1.54) is 0 Å². The van der Waals surface area contributed by atoms with Crippen LogP contribution in [0.3, 0.4) is 0 Å². The quantitative estimate of drug-likeness (QED) is 0.737. The van der Waals surface area contributed by atoms with Gasteiger partial charge in [0.05, 0.1) is 20.1 Å². The SMILES string of the molecule is COc1ccc(OC)c([C@@H]2CN(C(=O)c3ccccc3C)C[C@@H]2C(=O)NCC(C)C)c1. The molecule has 1 fully saturated rings. The van der Waals surface area contributed by atoms with E-state index in [1.54, 1.807) is 19.1 Å². The van der Waals surface area contributed by atoms with Gasteiger partial charge in [-0.25, -0.2) is 0 Å². The highest BCUT2D eigenvalue weighted by atomic mass is 16.5. The molecule has 0 bridgehead atoms. The molecule has 0 spiro atoms. The van der Waals surface area contributed by atoms with Crippen molar-refractivity contribution in [3.8, 4) is 11.5 Å². The summed E-state index contributed by atoms with van der Waals surface area (Å²) in [5.41, 5.74) is 2.48. The first kappa shape index (κ1) is 22.7. The average molecular weight is 425 g/mol. The van der Waals surface area contributed by atoms with Crippen LogP contribution in [0.2, 0.25) is 0 Å². The van der Waals surface area contributed by atoms with Crippen molar-refractivity contribution in [2.45, 2.75) is 26.7 Å². The summed E-state index contributed by atoms with van der Waals surface area (Å²) in [5.74, 6) is 1.09. The maximum atomic E-state index is 13.3. The number of amides is 2. The van der Waals surface area contributed by atoms with Gasteiger partial charge in [-0.2, -0.15) is 0 Å². The summed E-state index contributed by atoms with van der Waals surface area (Å²) in [6.45, 7) is 7.46. The number of hydrogen-bond donors (Lipinski definition) is 1. The molecule has 2 aromatic carbocycles. The lowest BCUT2D eigenvalue weighted by Crippen LogP contribution is -2.37. The Morgan fingerprint density at radius 1 is 1.10 bits per heavy atom. The summed E-state index contributed by atoms with van der Waals surface area (Å²) in [5, 5.41) is 3.05. The van der Waals surface area contributed by atoms with Gasteiger partial charge in [-0.1, -0.05) is 32.0 Å². The largest absolute Gasteiger partial charge is 0.497 e. The van der Waals surface area contributed by atoms with Gasteiger partial charge in [-0.15, -0.1) is 0 Å². The Bertz CT molecular complexity index is 941. The lowest BCUT2D eigenvalue weighted by Gasteiger charge is -2.21. The van der Waals surface area contributed by atoms with Crippen LogP contribution in [0.5, 0.6) is 11.5 Å². The van der Waals surface area contributed by atoms with Crippen LogP contribution in [0.1, 0.15) is 41.3 Å². The molecule has 6 heteroatoms. The summed E-state index contributed by atoms with van der Waals surface area (Å²) in [6, 6.07) is 13.1. The molecule has 6 nitrogen and oxygen atoms in total. The van der Waals surface area contributed by atoms with Crippen molar-refractivity contribution in [2.75, 3.05) is 33.9 Å². The van der Waals surface area contributed by atoms with Crippen LogP contribution in [-0.4, -0.2) is 50.6 Å². The van der Waals surface area contributed by atoms with Crippen LogP contribution in [-0.2, 0) is 4.79 Å². The summed E-state index contributed by atoms with van der Waals surface area (Å²) >= 11 is 0. The minimum atomic E-state index is -0.368. The zero-order valence-electron chi connectivity index (χ0n) is 19.0. The van der Waals surface area contributed by atoms with Gasteiger partial charge >= 0.3 is 0 Å². The summed E-state index contributed by atoms with van der Waals surface area (Å²) in [6.07, 6.45) is 0. The molecular weight excluding hydrogens is 392 g/mol. The van der Waals surface area contributed by atoms with E-state index >= 15 is 0 Å². The third kappa shape index (κ3) is 5.01. The number of nitrogens with zero attached hydrogens (tertiary/aromatic N) is 1. The highest BCUT2D eigenvalue weighted by molar-refractivity contribution is 5.96. The van der Waals surface area contributed by atoms with Crippen molar-refractivity contribution in [3.05, 3.63) is 59.2 Å². The summed E-state index contributed by atoms with van der Waals surface area (Å²) in [7, 11) is 3.23. The number of carbonyl (C=O) groups excluding carboxylic acids is 2. The molecule has 1 N–H and O–H groups in total. The maximum absolute atomic E-state index is 13.3. The number of ether oxygens (including phenoxy) is 2. The van der Waals surface area contributed by atoms with E-state index in [0.29, 0.717) is 42.6 Å². The number of carbonyl (C=O) groups is 2. The molecule has 2 aromatic rings. The minimum Gasteiger partial charge on any atom is -0.497 e. The predicted octanol–water partition coefficient (Wildman–Crippen LogP) is 3.64. The zero-order valence-corrected chi connectivity index (χ0v) is 19.0. The van der Waals surface area contributed by atoms with Crippen molar-refractivity contribution in [1.82, 2.24) is 10.2 Å². The van der Waals surface area contributed by atoms with Crippen LogP contribution in [0, 0.1) is 18.8 Å². The number of benzene rings is 2. The van der Waals surface area contributed by atoms with E-state index < -0.39 is 0 Å². The average Bonchev–Trinajstić information content (AvgIpc) is 3.22. The Kier molecular flexibility index (Phi) is 7.21. The molecule has 1 aliphatic heterocycles. The fourth-order valence-electron chi connectivity index (χ4n) is 4.10. The zero-order chi connectivity index (χ0) is 22.5. The number of nitrogens with one attached hydrogen (secondary N) is 1. The van der Waals surface area contributed by atoms with Crippen molar-refractivity contribution in [1.29, 1.82) is 0 Å². The Hall–Kier alpha value is -3.02. The van der Waals surface area contributed by atoms with Gasteiger partial charge < -0.3 is 19.7 Å². The Morgan fingerprint density at radius 3 is 2.48 bits per heavy atom. The van der Waals surface area contributed by atoms with E-state index in [1.807, 2.05) is 49.4 Å². The molecule has 0 aromatic heterocycles. The van der Waals surface area contributed by atoms with Crippen molar-refractivity contribution in [2.24, 2.45) is 11.8 Å². The fraction of sp³-hybridized carbons (Fsp3) is 0.440. The van der Waals surface area contributed by atoms with Crippen molar-refractivity contribution < 1.29 is 19.1 Å². The van der Waals surface area contributed by atoms with Gasteiger partial charge in [0.15, 0.2) is 0 Å². The first-order valence-corrected chi connectivity index (χ1v) is 10.7. The summed E-state index contributed by atoms with van der Waals surface area (Å²) < 4.78 is 11.0. The molecule has 166 valence electrons. The molecule has 1 saturated heterocycles. The van der Waals surface area contributed by atoms with Gasteiger partial charge in [0.1, 0.15) is 11.5 Å². The molecule has 0 aliphatic carbocycles. The second kappa shape index (κ2) is 9.86. The monoisotopic (exact) mass is 424 g/mol. The number of likely N-dealkylation sites (tertiary alicyclic amines) is 1. The van der Waals surface area contributed by atoms with E-state index in [9.17, 15) is 9.59 Å². The lowest BCUT2D eigenvalue weighted by atomic mass is 9.87. The van der Waals surface area contributed by atoms with E-state index in [4.69, 9.17) is 9.47 Å². The molecule has 1 heterocycles. The third-order valence-corrected chi connectivity index (χ3v) is 5.84. The van der Waals surface area contributed by atoms with Crippen molar-refractivity contribution >= 4 is 11.8 Å². The topological polar surface area (TPSA) is 67.9 Å². The molecule has 3 rings (SSSR count). The van der Waals surface area contributed by atoms with E-state index in [2.05, 4.69) is 19.2 Å². The highest BCUT2D eigenvalue weighted by Gasteiger charge is 2.42. The molecule has 1 aliphatic rings. The maximum Gasteiger partial charge on any atom is 0.254 e. The van der Waals surface area contributed by atoms with Gasteiger partial charge in [0.2, 0.25) is 5.91 Å². The first-order chi connectivity index (χ1) is 14.8. The van der Waals surface area contributed by atoms with Crippen molar-refractivity contribution in [3.63, 3.8) is 0 Å². The normalized spacial score (nSPS) is 18.2. The number of hydrogen-bond acceptors (Lipinski definition) is 4. The second-order valence-corrected chi connectivity index (χ2v) is 8.48. The minimum absolute atomic E-state index is 0.0383. The fourth-order valence-corrected chi connectivity index (χ4v) is 4.10. The molecule has 0 unspecified atom stereocenters. The predicted molar refractivity (Wildman–Crippen MR) is 121 cm³/mol. The standard InChI is InChI=1S/C25H32N2O4/c1-16(2)13-26-24(28)22-15-27(25(29)19-9-7-6-8-17(19)3)14-21(22)20-12-18(30-4)10-11-23(20)31-5/h6-12,16,21-22H,13-15H2,1-5H3,(H,26,28)/t21-,22-/m0/s1. The van der Waals surface area contributed by atoms with Crippen LogP contribution in [0.25, 0.3) is 0 Å². The van der Waals surface area contributed by atoms with Crippen LogP contribution < -0.4 is 14.8 Å². The van der Waals surface area contributed by atoms with Gasteiger partial charge in [0.25, 0.3) is 5.91 Å². The molecule has 0 saturated carbocycles. The third-order valence-electron chi connectivity index (χ3n) is 5.84. The van der Waals surface area contributed by atoms with Crippen LogP contribution >= 0.6 is 0 Å². The Balaban J connectivity index is 1.95. The first-order valence-electron chi connectivity index (χ1n) is 10.7. The van der Waals surface area contributed by atoms with E-state index in [-0.39, 0.29) is 23.7 Å². The Morgan fingerprint density at radius 2 is 1.84 bits per heavy atom. The van der Waals surface area contributed by atoms with Gasteiger partial charge in [-0.05, 0) is 42.7 Å². The highest BCUT2D eigenvalue weighted by Crippen LogP contribution is 2.40. The summed E-state index contributed by atoms with van der Waals surface area (Å²) in [4.78, 5) is 28.2. The molecular formula is C25H32N2O4. The van der Waals surface area contributed by atoms with E-state index in [0.717, 1.165) is 11.1 Å². The molecule has 2 amide bonds. The molecule has 0 radical (unpaired) electrons. The number of rotatable bonds is 7. The smallest absolute Gasteiger partial charge is 0.254 e. The van der Waals surface area contributed by atoms with Crippen LogP contribution in [0.4, 0.5) is 0 Å². The molecule has 31 heavy (non-hydrogen) atoms. The van der Waals surface area contributed by atoms with Gasteiger partial charge in [-0.3, -0.25) is 9.59 Å². The number of aryl methyl sites for hydroxylation is 1. The number of methoxy groups -OCH3 is 2. The Labute approximate surface area is 184 Å². The van der Waals surface area contributed by atoms with Gasteiger partial charge in [0, 0.05) is 36.7 Å². The molecule has 2 atom stereocenters. The second-order valence-electron chi connectivity index (χ2n) is 8.48.